The van der Waals surface area contributed by atoms with Crippen LogP contribution < -0.4 is 5.32 Å². The molecular weight excluding hydrogens is 150 g/mol. The van der Waals surface area contributed by atoms with Gasteiger partial charge in [0.25, 0.3) is 0 Å². The van der Waals surface area contributed by atoms with Crippen LogP contribution in [-0.4, -0.2) is 26.3 Å². The van der Waals surface area contributed by atoms with Gasteiger partial charge in [-0.05, 0) is 31.2 Å². The van der Waals surface area contributed by atoms with E-state index in [1.165, 1.54) is 19.4 Å². The summed E-state index contributed by atoms with van der Waals surface area (Å²) in [5.41, 5.74) is 0. The van der Waals surface area contributed by atoms with Gasteiger partial charge in [-0.1, -0.05) is 13.8 Å². The van der Waals surface area contributed by atoms with Crippen LogP contribution in [0.25, 0.3) is 0 Å². The van der Waals surface area contributed by atoms with E-state index >= 15 is 0 Å². The Bertz CT molecular complexity index is 108. The molecular formula is C10H21NO. The SMILES string of the molecule is CC(C)COC[C@@H]1CCCNC1. The first-order valence-electron chi connectivity index (χ1n) is 5.07. The van der Waals surface area contributed by atoms with E-state index in [4.69, 9.17) is 4.74 Å². The lowest BCUT2D eigenvalue weighted by Gasteiger charge is -2.22. The van der Waals surface area contributed by atoms with Crippen LogP contribution in [0, 0.1) is 11.8 Å². The van der Waals surface area contributed by atoms with Crippen molar-refractivity contribution in [3.05, 3.63) is 0 Å². The molecule has 0 saturated carbocycles. The lowest BCUT2D eigenvalue weighted by molar-refractivity contribution is 0.0718. The van der Waals surface area contributed by atoms with Crippen LogP contribution in [0.1, 0.15) is 26.7 Å². The van der Waals surface area contributed by atoms with Crippen molar-refractivity contribution < 1.29 is 4.74 Å². The summed E-state index contributed by atoms with van der Waals surface area (Å²) < 4.78 is 5.59. The molecule has 1 saturated heterocycles. The molecule has 1 heterocycles. The Kier molecular flexibility index (Phi) is 4.62. The normalized spacial score (nSPS) is 24.8. The zero-order chi connectivity index (χ0) is 8.81. The minimum absolute atomic E-state index is 0.668. The van der Waals surface area contributed by atoms with Crippen molar-refractivity contribution in [3.63, 3.8) is 0 Å². The minimum Gasteiger partial charge on any atom is -0.381 e. The largest absolute Gasteiger partial charge is 0.381 e. The lowest BCUT2D eigenvalue weighted by atomic mass is 10.0. The van der Waals surface area contributed by atoms with Crippen LogP contribution in [0.2, 0.25) is 0 Å². The highest BCUT2D eigenvalue weighted by atomic mass is 16.5. The predicted molar refractivity (Wildman–Crippen MR) is 51.3 cm³/mol. The standard InChI is InChI=1S/C10H21NO/c1-9(2)7-12-8-10-4-3-5-11-6-10/h9-11H,3-8H2,1-2H3/t10-/m1/s1. The van der Waals surface area contributed by atoms with Crippen molar-refractivity contribution in [2.24, 2.45) is 11.8 Å². The Morgan fingerprint density at radius 1 is 1.50 bits per heavy atom. The third-order valence-electron chi connectivity index (χ3n) is 2.20. The second kappa shape index (κ2) is 5.55. The maximum Gasteiger partial charge on any atom is 0.0506 e. The molecule has 2 heteroatoms. The summed E-state index contributed by atoms with van der Waals surface area (Å²) in [4.78, 5) is 0. The molecule has 0 aliphatic carbocycles. The van der Waals surface area contributed by atoms with Gasteiger partial charge in [0.2, 0.25) is 0 Å². The summed E-state index contributed by atoms with van der Waals surface area (Å²) in [5.74, 6) is 1.43. The van der Waals surface area contributed by atoms with Crippen LogP contribution >= 0.6 is 0 Å². The van der Waals surface area contributed by atoms with E-state index in [0.717, 1.165) is 25.7 Å². The zero-order valence-electron chi connectivity index (χ0n) is 8.31. The number of nitrogens with one attached hydrogen (secondary N) is 1. The van der Waals surface area contributed by atoms with Gasteiger partial charge in [-0.2, -0.15) is 0 Å². The minimum atomic E-state index is 0.668. The van der Waals surface area contributed by atoms with E-state index in [0.29, 0.717) is 5.92 Å². The number of ether oxygens (including phenoxy) is 1. The van der Waals surface area contributed by atoms with Gasteiger partial charge in [-0.15, -0.1) is 0 Å². The second-order valence-corrected chi connectivity index (χ2v) is 4.14. The van der Waals surface area contributed by atoms with Gasteiger partial charge in [0.1, 0.15) is 0 Å². The fourth-order valence-electron chi connectivity index (χ4n) is 1.54. The molecule has 0 amide bonds. The Balaban J connectivity index is 1.98. The van der Waals surface area contributed by atoms with Crippen molar-refractivity contribution in [2.75, 3.05) is 26.3 Å². The Hall–Kier alpha value is -0.0800. The van der Waals surface area contributed by atoms with E-state index in [-0.39, 0.29) is 0 Å². The average Bonchev–Trinajstić information content (AvgIpc) is 2.05. The quantitative estimate of drug-likeness (QED) is 0.694. The highest BCUT2D eigenvalue weighted by Gasteiger charge is 2.12. The number of piperidine rings is 1. The van der Waals surface area contributed by atoms with E-state index in [1.807, 2.05) is 0 Å². The summed E-state index contributed by atoms with van der Waals surface area (Å²) in [5, 5.41) is 3.39. The molecule has 0 radical (unpaired) electrons. The summed E-state index contributed by atoms with van der Waals surface area (Å²) in [6, 6.07) is 0. The number of hydrogen-bond acceptors (Lipinski definition) is 2. The molecule has 1 aliphatic rings. The van der Waals surface area contributed by atoms with Gasteiger partial charge in [0.05, 0.1) is 6.61 Å². The van der Waals surface area contributed by atoms with Gasteiger partial charge in [0, 0.05) is 13.2 Å². The molecule has 12 heavy (non-hydrogen) atoms. The van der Waals surface area contributed by atoms with Gasteiger partial charge >= 0.3 is 0 Å². The van der Waals surface area contributed by atoms with E-state index < -0.39 is 0 Å². The van der Waals surface area contributed by atoms with Gasteiger partial charge in [-0.3, -0.25) is 0 Å². The Labute approximate surface area is 75.7 Å². The Morgan fingerprint density at radius 2 is 2.33 bits per heavy atom. The van der Waals surface area contributed by atoms with Crippen LogP contribution in [-0.2, 0) is 4.74 Å². The molecule has 0 aromatic rings. The molecule has 1 atom stereocenters. The Morgan fingerprint density at radius 3 is 2.92 bits per heavy atom. The third kappa shape index (κ3) is 4.07. The van der Waals surface area contributed by atoms with Crippen molar-refractivity contribution in [1.82, 2.24) is 5.32 Å². The molecule has 0 bridgehead atoms. The fourth-order valence-corrected chi connectivity index (χ4v) is 1.54. The molecule has 0 aromatic heterocycles. The number of hydrogen-bond donors (Lipinski definition) is 1. The molecule has 1 fully saturated rings. The zero-order valence-corrected chi connectivity index (χ0v) is 8.31. The molecule has 2 nitrogen and oxygen atoms in total. The third-order valence-corrected chi connectivity index (χ3v) is 2.20. The second-order valence-electron chi connectivity index (χ2n) is 4.14. The monoisotopic (exact) mass is 171 g/mol. The summed E-state index contributed by atoms with van der Waals surface area (Å²) >= 11 is 0. The molecule has 72 valence electrons. The van der Waals surface area contributed by atoms with Crippen LogP contribution in [0.4, 0.5) is 0 Å². The summed E-state index contributed by atoms with van der Waals surface area (Å²) in [6.07, 6.45) is 2.65. The van der Waals surface area contributed by atoms with Crippen molar-refractivity contribution in [3.8, 4) is 0 Å². The van der Waals surface area contributed by atoms with E-state index in [9.17, 15) is 0 Å². The first-order valence-corrected chi connectivity index (χ1v) is 5.07. The smallest absolute Gasteiger partial charge is 0.0506 e. The summed E-state index contributed by atoms with van der Waals surface area (Å²) in [7, 11) is 0. The maximum absolute atomic E-state index is 5.59. The molecule has 1 N–H and O–H groups in total. The van der Waals surface area contributed by atoms with Crippen LogP contribution in [0.3, 0.4) is 0 Å². The van der Waals surface area contributed by atoms with Crippen LogP contribution in [0.5, 0.6) is 0 Å². The molecule has 1 rings (SSSR count). The highest BCUT2D eigenvalue weighted by molar-refractivity contribution is 4.68. The lowest BCUT2D eigenvalue weighted by Crippen LogP contribution is -2.32. The first-order chi connectivity index (χ1) is 5.79. The van der Waals surface area contributed by atoms with Crippen LogP contribution in [0.15, 0.2) is 0 Å². The van der Waals surface area contributed by atoms with Crippen molar-refractivity contribution >= 4 is 0 Å². The molecule has 0 unspecified atom stereocenters. The molecule has 0 aromatic carbocycles. The van der Waals surface area contributed by atoms with E-state index in [2.05, 4.69) is 19.2 Å². The number of rotatable bonds is 4. The van der Waals surface area contributed by atoms with E-state index in [1.54, 1.807) is 0 Å². The average molecular weight is 171 g/mol. The van der Waals surface area contributed by atoms with Gasteiger partial charge in [-0.25, -0.2) is 0 Å². The predicted octanol–water partition coefficient (Wildman–Crippen LogP) is 1.66. The topological polar surface area (TPSA) is 21.3 Å². The fraction of sp³-hybridized carbons (Fsp3) is 1.00. The van der Waals surface area contributed by atoms with Gasteiger partial charge in [0.15, 0.2) is 0 Å². The van der Waals surface area contributed by atoms with Gasteiger partial charge < -0.3 is 10.1 Å². The summed E-state index contributed by atoms with van der Waals surface area (Å²) in [6.45, 7) is 8.60. The first kappa shape index (κ1) is 10.0. The molecule has 1 aliphatic heterocycles. The van der Waals surface area contributed by atoms with Crippen molar-refractivity contribution in [1.29, 1.82) is 0 Å². The van der Waals surface area contributed by atoms with Crippen molar-refractivity contribution in [2.45, 2.75) is 26.7 Å². The maximum atomic E-state index is 5.59. The highest BCUT2D eigenvalue weighted by Crippen LogP contribution is 2.10. The molecule has 0 spiro atoms.